The van der Waals surface area contributed by atoms with Crippen LogP contribution in [0.3, 0.4) is 0 Å². The highest BCUT2D eigenvalue weighted by Gasteiger charge is 2.21. The molecule has 54 heavy (non-hydrogen) atoms. The van der Waals surface area contributed by atoms with E-state index in [1.54, 1.807) is 33.6 Å². The zero-order valence-corrected chi connectivity index (χ0v) is 31.5. The Balaban J connectivity index is 0.000000208. The van der Waals surface area contributed by atoms with E-state index in [-0.39, 0.29) is 22.6 Å². The SMILES string of the molecule is COc1ccc(S(=O)(=O)NC(=O)Cc2cc(C)nn2-c2ccccc2)cc1.COc1cccc(S(=O)(=O)NC(=O)Cc2cc(C)nn2-c2ccccc2)c1. The molecule has 16 heteroatoms. The molecule has 0 aliphatic carbocycles. The predicted molar refractivity (Wildman–Crippen MR) is 201 cm³/mol. The number of carbonyl (C=O) groups is 2. The first-order chi connectivity index (χ1) is 25.8. The van der Waals surface area contributed by atoms with Gasteiger partial charge in [0.1, 0.15) is 11.5 Å². The highest BCUT2D eigenvalue weighted by atomic mass is 32.2. The molecule has 0 atom stereocenters. The molecule has 6 rings (SSSR count). The first-order valence-corrected chi connectivity index (χ1v) is 19.4. The average molecular weight is 771 g/mol. The molecule has 0 spiro atoms. The van der Waals surface area contributed by atoms with Gasteiger partial charge < -0.3 is 9.47 Å². The van der Waals surface area contributed by atoms with Gasteiger partial charge >= 0.3 is 0 Å². The number of sulfonamides is 2. The minimum absolute atomic E-state index is 0.00982. The van der Waals surface area contributed by atoms with Gasteiger partial charge in [0.15, 0.2) is 0 Å². The van der Waals surface area contributed by atoms with E-state index in [0.717, 1.165) is 22.8 Å². The predicted octanol–water partition coefficient (Wildman–Crippen LogP) is 4.47. The summed E-state index contributed by atoms with van der Waals surface area (Å²) >= 11 is 0. The minimum Gasteiger partial charge on any atom is -0.497 e. The maximum atomic E-state index is 12.5. The van der Waals surface area contributed by atoms with E-state index in [1.165, 1.54) is 50.6 Å². The maximum absolute atomic E-state index is 12.5. The van der Waals surface area contributed by atoms with E-state index >= 15 is 0 Å². The van der Waals surface area contributed by atoms with Crippen LogP contribution < -0.4 is 18.9 Å². The lowest BCUT2D eigenvalue weighted by atomic mass is 10.2. The number of para-hydroxylation sites is 2. The summed E-state index contributed by atoms with van der Waals surface area (Å²) in [6.07, 6.45) is -0.246. The van der Waals surface area contributed by atoms with E-state index < -0.39 is 31.9 Å². The quantitative estimate of drug-likeness (QED) is 0.180. The van der Waals surface area contributed by atoms with Gasteiger partial charge in [0, 0.05) is 6.07 Å². The summed E-state index contributed by atoms with van der Waals surface area (Å²) < 4.78 is 67.2. The Hall–Kier alpha value is -6.26. The molecule has 0 saturated heterocycles. The smallest absolute Gasteiger partial charge is 0.264 e. The Kier molecular flexibility index (Phi) is 12.3. The monoisotopic (exact) mass is 770 g/mol. The van der Waals surface area contributed by atoms with Crippen molar-refractivity contribution in [2.75, 3.05) is 14.2 Å². The molecule has 6 aromatic rings. The molecular formula is C38H38N6O8S2. The molecule has 0 aliphatic heterocycles. The summed E-state index contributed by atoms with van der Waals surface area (Å²) in [6, 6.07) is 33.9. The van der Waals surface area contributed by atoms with Gasteiger partial charge in [0.05, 0.1) is 71.0 Å². The van der Waals surface area contributed by atoms with Crippen molar-refractivity contribution < 1.29 is 35.9 Å². The van der Waals surface area contributed by atoms with Crippen molar-refractivity contribution in [2.24, 2.45) is 0 Å². The van der Waals surface area contributed by atoms with Crippen LogP contribution in [-0.4, -0.2) is 62.4 Å². The van der Waals surface area contributed by atoms with Crippen LogP contribution in [0.25, 0.3) is 11.4 Å². The first-order valence-electron chi connectivity index (χ1n) is 16.4. The minimum atomic E-state index is -3.99. The molecule has 2 aromatic heterocycles. The highest BCUT2D eigenvalue weighted by molar-refractivity contribution is 7.90. The number of nitrogens with zero attached hydrogens (tertiary/aromatic N) is 4. The lowest BCUT2D eigenvalue weighted by Crippen LogP contribution is -2.32. The molecule has 280 valence electrons. The van der Waals surface area contributed by atoms with Crippen LogP contribution in [0.4, 0.5) is 0 Å². The Labute approximate surface area is 313 Å². The topological polar surface area (TPSA) is 181 Å². The number of rotatable bonds is 12. The molecular weight excluding hydrogens is 733 g/mol. The van der Waals surface area contributed by atoms with Gasteiger partial charge in [-0.2, -0.15) is 10.2 Å². The van der Waals surface area contributed by atoms with Gasteiger partial charge in [-0.25, -0.2) is 35.6 Å². The number of nitrogens with one attached hydrogen (secondary N) is 2. The number of aryl methyl sites for hydroxylation is 2. The number of carbonyl (C=O) groups excluding carboxylic acids is 2. The van der Waals surface area contributed by atoms with Crippen LogP contribution in [0.5, 0.6) is 11.5 Å². The van der Waals surface area contributed by atoms with Crippen molar-refractivity contribution in [3.63, 3.8) is 0 Å². The average Bonchev–Trinajstić information content (AvgIpc) is 3.72. The zero-order chi connectivity index (χ0) is 38.9. The van der Waals surface area contributed by atoms with E-state index in [0.29, 0.717) is 22.9 Å². The Morgan fingerprint density at radius 3 is 1.44 bits per heavy atom. The summed E-state index contributed by atoms with van der Waals surface area (Å²) in [4.78, 5) is 24.7. The number of ether oxygens (including phenoxy) is 2. The van der Waals surface area contributed by atoms with Crippen LogP contribution in [0.1, 0.15) is 22.8 Å². The van der Waals surface area contributed by atoms with Crippen molar-refractivity contribution in [3.05, 3.63) is 144 Å². The molecule has 0 aliphatic rings. The molecule has 14 nitrogen and oxygen atoms in total. The number of aromatic nitrogens is 4. The van der Waals surface area contributed by atoms with Gasteiger partial charge in [0.2, 0.25) is 11.8 Å². The molecule has 2 amide bonds. The second kappa shape index (κ2) is 17.0. The van der Waals surface area contributed by atoms with Crippen molar-refractivity contribution in [1.82, 2.24) is 29.0 Å². The largest absolute Gasteiger partial charge is 0.497 e. The second-order valence-electron chi connectivity index (χ2n) is 11.8. The molecule has 0 fully saturated rings. The van der Waals surface area contributed by atoms with Gasteiger partial charge in [-0.3, -0.25) is 9.59 Å². The van der Waals surface area contributed by atoms with Crippen LogP contribution in [0.15, 0.2) is 131 Å². The lowest BCUT2D eigenvalue weighted by molar-refractivity contribution is -0.119. The molecule has 2 heterocycles. The van der Waals surface area contributed by atoms with Gasteiger partial charge in [-0.1, -0.05) is 42.5 Å². The van der Waals surface area contributed by atoms with Crippen LogP contribution >= 0.6 is 0 Å². The van der Waals surface area contributed by atoms with Crippen molar-refractivity contribution in [1.29, 1.82) is 0 Å². The normalized spacial score (nSPS) is 11.2. The standard InChI is InChI=1S/2C19H19N3O4S/c1-14-11-16(22(20-14)15-7-4-3-5-8-15)12-19(23)21-27(24,25)18-10-6-9-17(13-18)26-2;1-14-12-16(22(20-14)15-6-4-3-5-7-15)13-19(23)21-27(24,25)18-10-8-17(26-2)9-11-18/h3-11,13H,12H2,1-2H3,(H,21,23);3-12H,13H2,1-2H3,(H,21,23). The van der Waals surface area contributed by atoms with E-state index in [9.17, 15) is 26.4 Å². The van der Waals surface area contributed by atoms with Crippen molar-refractivity contribution >= 4 is 31.9 Å². The third kappa shape index (κ3) is 9.99. The van der Waals surface area contributed by atoms with Crippen molar-refractivity contribution in [3.8, 4) is 22.9 Å². The summed E-state index contributed by atoms with van der Waals surface area (Å²) in [7, 11) is -5.02. The number of hydrogen-bond donors (Lipinski definition) is 2. The Morgan fingerprint density at radius 1 is 0.556 bits per heavy atom. The second-order valence-corrected chi connectivity index (χ2v) is 15.2. The molecule has 0 bridgehead atoms. The van der Waals surface area contributed by atoms with Crippen LogP contribution in [0, 0.1) is 13.8 Å². The highest BCUT2D eigenvalue weighted by Crippen LogP contribution is 2.19. The maximum Gasteiger partial charge on any atom is 0.264 e. The summed E-state index contributed by atoms with van der Waals surface area (Å²) in [5.74, 6) is -0.358. The summed E-state index contributed by atoms with van der Waals surface area (Å²) in [5.41, 5.74) is 4.26. The molecule has 0 radical (unpaired) electrons. The number of benzene rings is 4. The van der Waals surface area contributed by atoms with Gasteiger partial charge in [-0.05, 0) is 86.6 Å². The lowest BCUT2D eigenvalue weighted by Gasteiger charge is -2.10. The first kappa shape index (κ1) is 39.0. The fraction of sp³-hybridized carbons (Fsp3) is 0.158. The molecule has 4 aromatic carbocycles. The van der Waals surface area contributed by atoms with E-state index in [4.69, 9.17) is 9.47 Å². The fourth-order valence-electron chi connectivity index (χ4n) is 5.29. The third-order valence-corrected chi connectivity index (χ3v) is 10.5. The van der Waals surface area contributed by atoms with E-state index in [1.807, 2.05) is 74.5 Å². The molecule has 2 N–H and O–H groups in total. The third-order valence-electron chi connectivity index (χ3n) is 7.71. The Bertz CT molecular complexity index is 2450. The fourth-order valence-corrected chi connectivity index (χ4v) is 7.29. The van der Waals surface area contributed by atoms with E-state index in [2.05, 4.69) is 19.6 Å². The van der Waals surface area contributed by atoms with Gasteiger partial charge in [-0.15, -0.1) is 0 Å². The molecule has 0 unspecified atom stereocenters. The number of methoxy groups -OCH3 is 2. The summed E-state index contributed by atoms with van der Waals surface area (Å²) in [5, 5.41) is 8.76. The number of amides is 2. The summed E-state index contributed by atoms with van der Waals surface area (Å²) in [6.45, 7) is 3.63. The van der Waals surface area contributed by atoms with Crippen LogP contribution in [0.2, 0.25) is 0 Å². The van der Waals surface area contributed by atoms with Gasteiger partial charge in [0.25, 0.3) is 20.0 Å². The van der Waals surface area contributed by atoms with Crippen LogP contribution in [-0.2, 0) is 42.5 Å². The van der Waals surface area contributed by atoms with Crippen molar-refractivity contribution in [2.45, 2.75) is 36.5 Å². The Morgan fingerprint density at radius 2 is 1.00 bits per heavy atom. The number of hydrogen-bond acceptors (Lipinski definition) is 10. The molecule has 0 saturated carbocycles. The zero-order valence-electron chi connectivity index (χ0n) is 29.8.